The van der Waals surface area contributed by atoms with E-state index >= 15 is 0 Å². The second-order valence-corrected chi connectivity index (χ2v) is 8.97. The lowest BCUT2D eigenvalue weighted by molar-refractivity contribution is -0.128. The fraction of sp³-hybridized carbons (Fsp3) is 0.900. The first-order valence-electron chi connectivity index (χ1n) is 9.18. The maximum Gasteiger partial charge on any atom is 0.0915 e. The van der Waals surface area contributed by atoms with Crippen LogP contribution in [0.2, 0.25) is 0 Å². The summed E-state index contributed by atoms with van der Waals surface area (Å²) in [5, 5.41) is 22.4. The van der Waals surface area contributed by atoms with E-state index in [1.807, 2.05) is 0 Å². The van der Waals surface area contributed by atoms with Crippen molar-refractivity contribution in [3.05, 3.63) is 11.1 Å². The molecule has 2 aliphatic rings. The number of hydrogen-bond donors (Lipinski definition) is 2. The van der Waals surface area contributed by atoms with E-state index in [1.54, 1.807) is 0 Å². The van der Waals surface area contributed by atoms with Crippen molar-refractivity contribution in [2.45, 2.75) is 91.8 Å². The predicted molar refractivity (Wildman–Crippen MR) is 92.6 cm³/mol. The molecule has 2 aliphatic carbocycles. The van der Waals surface area contributed by atoms with E-state index in [0.717, 1.165) is 32.1 Å². The van der Waals surface area contributed by atoms with Crippen molar-refractivity contribution in [3.63, 3.8) is 0 Å². The first kappa shape index (κ1) is 18.0. The van der Waals surface area contributed by atoms with Crippen LogP contribution >= 0.6 is 0 Å². The van der Waals surface area contributed by atoms with Crippen molar-refractivity contribution in [3.8, 4) is 0 Å². The maximum atomic E-state index is 11.7. The number of aliphatic hydroxyl groups is 2. The topological polar surface area (TPSA) is 40.5 Å². The third-order valence-corrected chi connectivity index (χ3v) is 6.67. The van der Waals surface area contributed by atoms with Gasteiger partial charge in [0.25, 0.3) is 0 Å². The quantitative estimate of drug-likeness (QED) is 0.726. The van der Waals surface area contributed by atoms with Crippen molar-refractivity contribution >= 4 is 0 Å². The third-order valence-electron chi connectivity index (χ3n) is 6.67. The van der Waals surface area contributed by atoms with E-state index < -0.39 is 5.60 Å². The molecule has 22 heavy (non-hydrogen) atoms. The Bertz CT molecular complexity index is 435. The Morgan fingerprint density at radius 3 is 2.32 bits per heavy atom. The summed E-state index contributed by atoms with van der Waals surface area (Å²) < 4.78 is 0. The average molecular weight is 309 g/mol. The molecule has 0 aromatic rings. The number of hydrogen-bond acceptors (Lipinski definition) is 2. The molecule has 0 amide bonds. The Hall–Kier alpha value is -0.340. The van der Waals surface area contributed by atoms with Gasteiger partial charge in [0.15, 0.2) is 0 Å². The van der Waals surface area contributed by atoms with Crippen LogP contribution in [-0.4, -0.2) is 21.9 Å². The zero-order chi connectivity index (χ0) is 16.7. The highest BCUT2D eigenvalue weighted by atomic mass is 16.3. The van der Waals surface area contributed by atoms with Crippen LogP contribution in [0.5, 0.6) is 0 Å². The van der Waals surface area contributed by atoms with Gasteiger partial charge < -0.3 is 10.2 Å². The van der Waals surface area contributed by atoms with Crippen LogP contribution in [0.1, 0.15) is 80.1 Å². The molecular weight excluding hydrogens is 272 g/mol. The van der Waals surface area contributed by atoms with Gasteiger partial charge in [-0.25, -0.2) is 0 Å². The number of aliphatic hydroxyl groups excluding tert-OH is 1. The van der Waals surface area contributed by atoms with Crippen molar-refractivity contribution < 1.29 is 10.2 Å². The molecule has 0 heterocycles. The highest BCUT2D eigenvalue weighted by Crippen LogP contribution is 2.56. The molecule has 128 valence electrons. The van der Waals surface area contributed by atoms with Gasteiger partial charge in [0.05, 0.1) is 11.7 Å². The normalized spacial score (nSPS) is 43.5. The van der Waals surface area contributed by atoms with Gasteiger partial charge in [-0.3, -0.25) is 0 Å². The number of rotatable bonds is 2. The summed E-state index contributed by atoms with van der Waals surface area (Å²) in [6, 6.07) is 0. The van der Waals surface area contributed by atoms with Crippen molar-refractivity contribution in [2.75, 3.05) is 0 Å². The first-order valence-corrected chi connectivity index (χ1v) is 9.18. The lowest BCUT2D eigenvalue weighted by Crippen LogP contribution is -2.55. The van der Waals surface area contributed by atoms with E-state index in [4.69, 9.17) is 0 Å². The van der Waals surface area contributed by atoms with Gasteiger partial charge in [-0.15, -0.1) is 0 Å². The first-order chi connectivity index (χ1) is 10.1. The van der Waals surface area contributed by atoms with Crippen LogP contribution in [0.15, 0.2) is 11.1 Å². The summed E-state index contributed by atoms with van der Waals surface area (Å²) in [4.78, 5) is 0. The monoisotopic (exact) mass is 308 g/mol. The largest absolute Gasteiger partial charge is 0.393 e. The second kappa shape index (κ2) is 6.28. The van der Waals surface area contributed by atoms with E-state index in [0.29, 0.717) is 17.8 Å². The van der Waals surface area contributed by atoms with Crippen LogP contribution in [0.25, 0.3) is 0 Å². The summed E-state index contributed by atoms with van der Waals surface area (Å²) in [5.74, 6) is 1.46. The molecule has 2 N–H and O–H groups in total. The summed E-state index contributed by atoms with van der Waals surface area (Å²) in [5.41, 5.74) is 1.60. The Morgan fingerprint density at radius 2 is 1.82 bits per heavy atom. The fourth-order valence-electron chi connectivity index (χ4n) is 5.15. The highest BCUT2D eigenvalue weighted by molar-refractivity contribution is 5.29. The van der Waals surface area contributed by atoms with Crippen molar-refractivity contribution in [2.24, 2.45) is 23.2 Å². The molecule has 0 spiro atoms. The minimum Gasteiger partial charge on any atom is -0.393 e. The summed E-state index contributed by atoms with van der Waals surface area (Å²) >= 11 is 0. The van der Waals surface area contributed by atoms with E-state index in [1.165, 1.54) is 17.6 Å². The van der Waals surface area contributed by atoms with E-state index in [-0.39, 0.29) is 11.5 Å². The predicted octanol–water partition coefficient (Wildman–Crippen LogP) is 4.70. The Kier molecular flexibility index (Phi) is 5.14. The lowest BCUT2D eigenvalue weighted by atomic mass is 9.54. The highest BCUT2D eigenvalue weighted by Gasteiger charge is 2.54. The van der Waals surface area contributed by atoms with Crippen LogP contribution in [0, 0.1) is 23.2 Å². The minimum atomic E-state index is -0.730. The molecule has 2 fully saturated rings. The zero-order valence-electron chi connectivity index (χ0n) is 15.4. The molecule has 2 nitrogen and oxygen atoms in total. The average Bonchev–Trinajstić information content (AvgIpc) is 2.37. The number of allylic oxidation sites excluding steroid dienone is 1. The maximum absolute atomic E-state index is 11.7. The van der Waals surface area contributed by atoms with Gasteiger partial charge in [-0.1, -0.05) is 33.3 Å². The molecule has 2 rings (SSSR count). The fourth-order valence-corrected chi connectivity index (χ4v) is 5.15. The summed E-state index contributed by atoms with van der Waals surface area (Å²) in [6.45, 7) is 13.1. The van der Waals surface area contributed by atoms with Crippen LogP contribution < -0.4 is 0 Å². The molecule has 0 radical (unpaired) electrons. The second-order valence-electron chi connectivity index (χ2n) is 8.97. The Balaban J connectivity index is 2.33. The lowest BCUT2D eigenvalue weighted by Gasteiger charge is -2.55. The Labute approximate surface area is 137 Å². The molecule has 0 aromatic heterocycles. The molecule has 0 aliphatic heterocycles. The molecule has 0 aromatic carbocycles. The smallest absolute Gasteiger partial charge is 0.0915 e. The van der Waals surface area contributed by atoms with Gasteiger partial charge in [0.1, 0.15) is 0 Å². The standard InChI is InChI=1S/C20H36O2/c1-13(2)16-9-10-19(6,12-18(16)21)20(22)11-15(5)7-8-17(20)14(3)4/h13,15-16,18,21-22H,7-12H2,1-6H3/t15?,16-,18+,19+,20?/m0/s1. The van der Waals surface area contributed by atoms with Gasteiger partial charge in [-0.2, -0.15) is 0 Å². The molecule has 5 atom stereocenters. The van der Waals surface area contributed by atoms with Crippen LogP contribution in [0.4, 0.5) is 0 Å². The van der Waals surface area contributed by atoms with Gasteiger partial charge in [0, 0.05) is 5.41 Å². The van der Waals surface area contributed by atoms with Crippen LogP contribution in [0.3, 0.4) is 0 Å². The molecule has 2 saturated carbocycles. The SMILES string of the molecule is CC(C)=C1CCC(C)CC1(O)[C@]1(C)CC[C@@H](C(C)C)[C@H](O)C1. The van der Waals surface area contributed by atoms with Crippen molar-refractivity contribution in [1.29, 1.82) is 0 Å². The summed E-state index contributed by atoms with van der Waals surface area (Å²) in [7, 11) is 0. The van der Waals surface area contributed by atoms with Gasteiger partial charge in [-0.05, 0) is 75.7 Å². The molecular formula is C20H36O2. The Morgan fingerprint density at radius 1 is 1.18 bits per heavy atom. The zero-order valence-corrected chi connectivity index (χ0v) is 15.4. The molecule has 2 heteroatoms. The third kappa shape index (κ3) is 3.01. The molecule has 2 unspecified atom stereocenters. The minimum absolute atomic E-state index is 0.195. The van der Waals surface area contributed by atoms with Crippen molar-refractivity contribution in [1.82, 2.24) is 0 Å². The van der Waals surface area contributed by atoms with E-state index in [9.17, 15) is 10.2 Å². The van der Waals surface area contributed by atoms with Gasteiger partial charge in [0.2, 0.25) is 0 Å². The van der Waals surface area contributed by atoms with Gasteiger partial charge >= 0.3 is 0 Å². The summed E-state index contributed by atoms with van der Waals surface area (Å²) in [6.07, 6.45) is 5.54. The molecule has 0 saturated heterocycles. The van der Waals surface area contributed by atoms with E-state index in [2.05, 4.69) is 41.5 Å². The molecule has 0 bridgehead atoms. The van der Waals surface area contributed by atoms with Crippen LogP contribution in [-0.2, 0) is 0 Å².